The third-order valence-corrected chi connectivity index (χ3v) is 4.93. The molecule has 1 aliphatic heterocycles. The van der Waals surface area contributed by atoms with Crippen LogP contribution in [0.15, 0.2) is 42.7 Å². The maximum atomic E-state index is 12.6. The molecule has 2 amide bonds. The third kappa shape index (κ3) is 5.77. The van der Waals surface area contributed by atoms with Gasteiger partial charge in [-0.25, -0.2) is 0 Å². The number of hydrogen-bond donors (Lipinski definition) is 2. The number of carbonyl (C=O) groups excluding carboxylic acids is 2. The van der Waals surface area contributed by atoms with E-state index in [-0.39, 0.29) is 11.8 Å². The number of anilines is 2. The van der Waals surface area contributed by atoms with E-state index in [1.807, 2.05) is 38.1 Å². The SMILES string of the molecule is CC(C)CNC(=O)c1cncc(C(=O)Nc2ccc(N3CCN(C)CC3)cc2)c1. The fourth-order valence-electron chi connectivity index (χ4n) is 3.11. The average Bonchev–Trinajstić information content (AvgIpc) is 2.73. The summed E-state index contributed by atoms with van der Waals surface area (Å²) in [5.41, 5.74) is 2.60. The van der Waals surface area contributed by atoms with Crippen LogP contribution in [0.1, 0.15) is 34.6 Å². The number of amides is 2. The van der Waals surface area contributed by atoms with Gasteiger partial charge < -0.3 is 20.4 Å². The van der Waals surface area contributed by atoms with Gasteiger partial charge in [-0.1, -0.05) is 13.8 Å². The van der Waals surface area contributed by atoms with Gasteiger partial charge in [0.25, 0.3) is 11.8 Å². The van der Waals surface area contributed by atoms with Crippen LogP contribution in [0.2, 0.25) is 0 Å². The first-order chi connectivity index (χ1) is 13.9. The highest BCUT2D eigenvalue weighted by Gasteiger charge is 2.15. The van der Waals surface area contributed by atoms with Crippen molar-refractivity contribution in [2.75, 3.05) is 50.0 Å². The van der Waals surface area contributed by atoms with Gasteiger partial charge in [-0.05, 0) is 43.3 Å². The van der Waals surface area contributed by atoms with Gasteiger partial charge in [-0.15, -0.1) is 0 Å². The highest BCUT2D eigenvalue weighted by atomic mass is 16.2. The van der Waals surface area contributed by atoms with E-state index in [0.717, 1.165) is 31.9 Å². The van der Waals surface area contributed by atoms with Crippen molar-refractivity contribution in [1.82, 2.24) is 15.2 Å². The van der Waals surface area contributed by atoms with Crippen LogP contribution in [0.4, 0.5) is 11.4 Å². The molecular weight excluding hydrogens is 366 g/mol. The Morgan fingerprint density at radius 2 is 1.62 bits per heavy atom. The van der Waals surface area contributed by atoms with E-state index in [9.17, 15) is 9.59 Å². The zero-order valence-corrected chi connectivity index (χ0v) is 17.3. The summed E-state index contributed by atoms with van der Waals surface area (Å²) >= 11 is 0. The minimum absolute atomic E-state index is 0.225. The number of likely N-dealkylation sites (N-methyl/N-ethyl adjacent to an activating group) is 1. The largest absolute Gasteiger partial charge is 0.369 e. The van der Waals surface area contributed by atoms with Crippen molar-refractivity contribution in [2.24, 2.45) is 5.92 Å². The fraction of sp³-hybridized carbons (Fsp3) is 0.409. The van der Waals surface area contributed by atoms with E-state index in [1.165, 1.54) is 12.4 Å². The Hall–Kier alpha value is -2.93. The summed E-state index contributed by atoms with van der Waals surface area (Å²) in [6.45, 7) is 8.72. The Morgan fingerprint density at radius 1 is 1.00 bits per heavy atom. The van der Waals surface area contributed by atoms with Crippen molar-refractivity contribution in [3.63, 3.8) is 0 Å². The number of nitrogens with one attached hydrogen (secondary N) is 2. The lowest BCUT2D eigenvalue weighted by Crippen LogP contribution is -2.44. The van der Waals surface area contributed by atoms with Crippen molar-refractivity contribution in [3.8, 4) is 0 Å². The molecular formula is C22H29N5O2. The normalized spacial score (nSPS) is 14.7. The second kappa shape index (κ2) is 9.52. The highest BCUT2D eigenvalue weighted by Crippen LogP contribution is 2.20. The molecule has 0 aliphatic carbocycles. The molecule has 1 aromatic heterocycles. The average molecular weight is 396 g/mol. The molecule has 0 atom stereocenters. The summed E-state index contributed by atoms with van der Waals surface area (Å²) in [7, 11) is 2.13. The molecule has 1 saturated heterocycles. The summed E-state index contributed by atoms with van der Waals surface area (Å²) in [6.07, 6.45) is 2.93. The van der Waals surface area contributed by atoms with Gasteiger partial charge in [-0.2, -0.15) is 0 Å². The maximum absolute atomic E-state index is 12.6. The van der Waals surface area contributed by atoms with Crippen LogP contribution in [0.5, 0.6) is 0 Å². The number of hydrogen-bond acceptors (Lipinski definition) is 5. The number of rotatable bonds is 6. The number of aromatic nitrogens is 1. The summed E-state index contributed by atoms with van der Waals surface area (Å²) in [5, 5.41) is 5.71. The summed E-state index contributed by atoms with van der Waals surface area (Å²) in [4.78, 5) is 33.5. The second-order valence-electron chi connectivity index (χ2n) is 7.86. The van der Waals surface area contributed by atoms with Gasteiger partial charge in [0.15, 0.2) is 0 Å². The third-order valence-electron chi connectivity index (χ3n) is 4.93. The molecule has 7 nitrogen and oxygen atoms in total. The molecule has 7 heteroatoms. The number of pyridine rings is 1. The molecule has 0 radical (unpaired) electrons. The van der Waals surface area contributed by atoms with E-state index < -0.39 is 0 Å². The van der Waals surface area contributed by atoms with E-state index in [1.54, 1.807) is 6.07 Å². The molecule has 0 saturated carbocycles. The van der Waals surface area contributed by atoms with Crippen LogP contribution in [0.25, 0.3) is 0 Å². The van der Waals surface area contributed by atoms with Crippen LogP contribution in [-0.4, -0.2) is 61.5 Å². The topological polar surface area (TPSA) is 77.6 Å². The maximum Gasteiger partial charge on any atom is 0.257 e. The van der Waals surface area contributed by atoms with Crippen LogP contribution in [0, 0.1) is 5.92 Å². The lowest BCUT2D eigenvalue weighted by atomic mass is 10.1. The van der Waals surface area contributed by atoms with Crippen molar-refractivity contribution in [1.29, 1.82) is 0 Å². The van der Waals surface area contributed by atoms with Gasteiger partial charge in [0.1, 0.15) is 0 Å². The fourth-order valence-corrected chi connectivity index (χ4v) is 3.11. The molecule has 3 rings (SSSR count). The van der Waals surface area contributed by atoms with Gasteiger partial charge in [0.05, 0.1) is 11.1 Å². The molecule has 0 bridgehead atoms. The number of benzene rings is 1. The van der Waals surface area contributed by atoms with Crippen LogP contribution in [-0.2, 0) is 0 Å². The van der Waals surface area contributed by atoms with Crippen LogP contribution in [0.3, 0.4) is 0 Å². The highest BCUT2D eigenvalue weighted by molar-refractivity contribution is 6.05. The Balaban J connectivity index is 1.61. The predicted molar refractivity (Wildman–Crippen MR) is 116 cm³/mol. The van der Waals surface area contributed by atoms with Gasteiger partial charge in [0.2, 0.25) is 0 Å². The zero-order chi connectivity index (χ0) is 20.8. The molecule has 1 aliphatic rings. The molecule has 2 N–H and O–H groups in total. The minimum atomic E-state index is -0.289. The predicted octanol–water partition coefficient (Wildman–Crippen LogP) is 2.47. The number of carbonyl (C=O) groups is 2. The van der Waals surface area contributed by atoms with E-state index in [2.05, 4.69) is 32.5 Å². The van der Waals surface area contributed by atoms with E-state index in [0.29, 0.717) is 29.3 Å². The van der Waals surface area contributed by atoms with E-state index >= 15 is 0 Å². The second-order valence-corrected chi connectivity index (χ2v) is 7.86. The minimum Gasteiger partial charge on any atom is -0.369 e. The van der Waals surface area contributed by atoms with Crippen LogP contribution < -0.4 is 15.5 Å². The Kier molecular flexibility index (Phi) is 6.82. The van der Waals surface area contributed by atoms with Crippen molar-refractivity contribution < 1.29 is 9.59 Å². The Bertz CT molecular complexity index is 843. The lowest BCUT2D eigenvalue weighted by Gasteiger charge is -2.34. The summed E-state index contributed by atoms with van der Waals surface area (Å²) < 4.78 is 0. The number of piperazine rings is 1. The van der Waals surface area contributed by atoms with Gasteiger partial charge in [0, 0.05) is 56.5 Å². The van der Waals surface area contributed by atoms with E-state index in [4.69, 9.17) is 0 Å². The monoisotopic (exact) mass is 395 g/mol. The Labute approximate surface area is 172 Å². The first-order valence-electron chi connectivity index (χ1n) is 10.0. The first-order valence-corrected chi connectivity index (χ1v) is 10.0. The molecule has 0 unspecified atom stereocenters. The smallest absolute Gasteiger partial charge is 0.257 e. The van der Waals surface area contributed by atoms with Gasteiger partial charge in [-0.3, -0.25) is 14.6 Å². The van der Waals surface area contributed by atoms with Crippen molar-refractivity contribution in [3.05, 3.63) is 53.9 Å². The summed E-state index contributed by atoms with van der Waals surface area (Å²) in [6, 6.07) is 9.41. The quantitative estimate of drug-likeness (QED) is 0.786. The standard InChI is InChI=1S/C22H29N5O2/c1-16(2)13-24-21(28)17-12-18(15-23-14-17)22(29)25-19-4-6-20(7-5-19)27-10-8-26(3)9-11-27/h4-7,12,14-16H,8-11,13H2,1-3H3,(H,24,28)(H,25,29). The Morgan fingerprint density at radius 3 is 2.24 bits per heavy atom. The first kappa shape index (κ1) is 20.8. The zero-order valence-electron chi connectivity index (χ0n) is 17.3. The van der Waals surface area contributed by atoms with Crippen molar-refractivity contribution >= 4 is 23.2 Å². The summed E-state index contributed by atoms with van der Waals surface area (Å²) in [5.74, 6) is -0.159. The lowest BCUT2D eigenvalue weighted by molar-refractivity contribution is 0.0948. The molecule has 2 aromatic rings. The molecule has 1 aromatic carbocycles. The molecule has 29 heavy (non-hydrogen) atoms. The van der Waals surface area contributed by atoms with Crippen molar-refractivity contribution in [2.45, 2.75) is 13.8 Å². The van der Waals surface area contributed by atoms with Crippen LogP contribution >= 0.6 is 0 Å². The molecule has 154 valence electrons. The molecule has 1 fully saturated rings. The molecule has 2 heterocycles. The number of nitrogens with zero attached hydrogens (tertiary/aromatic N) is 3. The molecule has 0 spiro atoms. The van der Waals surface area contributed by atoms with Gasteiger partial charge >= 0.3 is 0 Å².